The predicted octanol–water partition coefficient (Wildman–Crippen LogP) is 4.04. The van der Waals surface area contributed by atoms with Gasteiger partial charge in [0, 0.05) is 5.56 Å². The minimum Gasteiger partial charge on any atom is -0.496 e. The van der Waals surface area contributed by atoms with E-state index < -0.39 is 17.5 Å². The first-order valence-electron chi connectivity index (χ1n) is 9.42. The molecule has 0 radical (unpaired) electrons. The van der Waals surface area contributed by atoms with Gasteiger partial charge in [-0.1, -0.05) is 67.6 Å². The maximum Gasteiger partial charge on any atom is 0.346 e. The number of nitrogens with one attached hydrogen (secondary N) is 1. The standard InChI is InChI=1S/C23H21N3O3/c1-3-23(17-10-5-4-6-11-17)21(27)26(22(28)25-23)24-15-19-18-12-8-7-9-16(18)13-14-20(19)29-2/h4-15H,3H2,1-2H3,(H,25,28)/t23-/m0/s1. The highest BCUT2D eigenvalue weighted by molar-refractivity contribution is 6.09. The van der Waals surface area contributed by atoms with Crippen molar-refractivity contribution in [2.75, 3.05) is 7.11 Å². The molecular formula is C23H21N3O3. The first-order chi connectivity index (χ1) is 14.1. The molecule has 6 nitrogen and oxygen atoms in total. The molecule has 3 aromatic carbocycles. The molecule has 0 aliphatic carbocycles. The molecule has 1 aliphatic heterocycles. The topological polar surface area (TPSA) is 71.0 Å². The summed E-state index contributed by atoms with van der Waals surface area (Å²) < 4.78 is 5.46. The highest BCUT2D eigenvalue weighted by Gasteiger charge is 2.51. The molecule has 29 heavy (non-hydrogen) atoms. The minimum atomic E-state index is -1.11. The summed E-state index contributed by atoms with van der Waals surface area (Å²) in [5.74, 6) is 0.218. The smallest absolute Gasteiger partial charge is 0.346 e. The number of benzene rings is 3. The predicted molar refractivity (Wildman–Crippen MR) is 112 cm³/mol. The fraction of sp³-hybridized carbons (Fsp3) is 0.174. The second-order valence-corrected chi connectivity index (χ2v) is 6.82. The van der Waals surface area contributed by atoms with E-state index in [1.54, 1.807) is 7.11 Å². The second kappa shape index (κ2) is 7.39. The van der Waals surface area contributed by atoms with Crippen LogP contribution in [0.4, 0.5) is 4.79 Å². The van der Waals surface area contributed by atoms with E-state index in [0.29, 0.717) is 17.7 Å². The number of nitrogens with zero attached hydrogens (tertiary/aromatic N) is 2. The van der Waals surface area contributed by atoms with Gasteiger partial charge in [-0.05, 0) is 28.8 Å². The fourth-order valence-corrected chi connectivity index (χ4v) is 3.73. The number of ether oxygens (including phenoxy) is 1. The van der Waals surface area contributed by atoms with Crippen molar-refractivity contribution in [3.63, 3.8) is 0 Å². The van der Waals surface area contributed by atoms with Crippen LogP contribution in [0.15, 0.2) is 71.8 Å². The highest BCUT2D eigenvalue weighted by Crippen LogP contribution is 2.33. The summed E-state index contributed by atoms with van der Waals surface area (Å²) in [4.78, 5) is 25.8. The number of hydrazone groups is 1. The summed E-state index contributed by atoms with van der Waals surface area (Å²) in [7, 11) is 1.58. The number of imide groups is 1. The Kier molecular flexibility index (Phi) is 4.76. The molecule has 0 aromatic heterocycles. The number of hydrogen-bond donors (Lipinski definition) is 1. The van der Waals surface area contributed by atoms with Crippen LogP contribution in [0.25, 0.3) is 10.8 Å². The molecule has 1 fully saturated rings. The van der Waals surface area contributed by atoms with Crippen molar-refractivity contribution in [3.05, 3.63) is 77.9 Å². The van der Waals surface area contributed by atoms with Crippen molar-refractivity contribution in [2.45, 2.75) is 18.9 Å². The van der Waals surface area contributed by atoms with Crippen LogP contribution in [0.3, 0.4) is 0 Å². The molecule has 1 N–H and O–H groups in total. The van der Waals surface area contributed by atoms with Crippen LogP contribution in [0.1, 0.15) is 24.5 Å². The number of hydrogen-bond acceptors (Lipinski definition) is 4. The molecule has 6 heteroatoms. The van der Waals surface area contributed by atoms with Gasteiger partial charge in [-0.25, -0.2) is 4.79 Å². The van der Waals surface area contributed by atoms with Crippen molar-refractivity contribution in [2.24, 2.45) is 5.10 Å². The summed E-state index contributed by atoms with van der Waals surface area (Å²) >= 11 is 0. The summed E-state index contributed by atoms with van der Waals surface area (Å²) in [5.41, 5.74) is 0.333. The van der Waals surface area contributed by atoms with Gasteiger partial charge in [-0.3, -0.25) is 4.79 Å². The number of amides is 3. The van der Waals surface area contributed by atoms with Crippen molar-refractivity contribution in [1.29, 1.82) is 0 Å². The second-order valence-electron chi connectivity index (χ2n) is 6.82. The van der Waals surface area contributed by atoms with Crippen LogP contribution in [0.2, 0.25) is 0 Å². The third kappa shape index (κ3) is 3.02. The van der Waals surface area contributed by atoms with Crippen LogP contribution in [0.5, 0.6) is 5.75 Å². The molecule has 3 aromatic rings. The molecule has 3 amide bonds. The maximum absolute atomic E-state index is 13.2. The van der Waals surface area contributed by atoms with Crippen LogP contribution in [0, 0.1) is 0 Å². The average molecular weight is 387 g/mol. The Morgan fingerprint density at radius 1 is 1.03 bits per heavy atom. The summed E-state index contributed by atoms with van der Waals surface area (Å²) in [6, 6.07) is 20.3. The van der Waals surface area contributed by atoms with Gasteiger partial charge in [0.1, 0.15) is 11.3 Å². The summed E-state index contributed by atoms with van der Waals surface area (Å²) in [6.45, 7) is 1.87. The molecular weight excluding hydrogens is 366 g/mol. The number of fused-ring (bicyclic) bond motifs is 1. The zero-order valence-corrected chi connectivity index (χ0v) is 16.3. The maximum atomic E-state index is 13.2. The van der Waals surface area contributed by atoms with Crippen molar-refractivity contribution in [1.82, 2.24) is 10.3 Å². The number of carbonyl (C=O) groups is 2. The third-order valence-electron chi connectivity index (χ3n) is 5.32. The lowest BCUT2D eigenvalue weighted by molar-refractivity contribution is -0.131. The zero-order valence-electron chi connectivity index (χ0n) is 16.3. The monoisotopic (exact) mass is 387 g/mol. The Labute approximate surface area is 168 Å². The lowest BCUT2D eigenvalue weighted by Gasteiger charge is -2.24. The number of rotatable bonds is 5. The Morgan fingerprint density at radius 2 is 1.76 bits per heavy atom. The van der Waals surface area contributed by atoms with Crippen LogP contribution in [-0.4, -0.2) is 30.3 Å². The molecule has 4 rings (SSSR count). The van der Waals surface area contributed by atoms with Crippen LogP contribution >= 0.6 is 0 Å². The van der Waals surface area contributed by atoms with E-state index in [4.69, 9.17) is 4.74 Å². The molecule has 0 bridgehead atoms. The molecule has 146 valence electrons. The summed E-state index contributed by atoms with van der Waals surface area (Å²) in [6.07, 6.45) is 1.93. The molecule has 1 atom stereocenters. The van der Waals surface area contributed by atoms with E-state index in [-0.39, 0.29) is 0 Å². The Balaban J connectivity index is 1.74. The van der Waals surface area contributed by atoms with Gasteiger partial charge >= 0.3 is 6.03 Å². The lowest BCUT2D eigenvalue weighted by Crippen LogP contribution is -2.43. The van der Waals surface area contributed by atoms with Crippen LogP contribution < -0.4 is 10.1 Å². The van der Waals surface area contributed by atoms with E-state index in [2.05, 4.69) is 10.4 Å². The zero-order chi connectivity index (χ0) is 20.4. The van der Waals surface area contributed by atoms with Gasteiger partial charge < -0.3 is 10.1 Å². The van der Waals surface area contributed by atoms with E-state index in [1.165, 1.54) is 6.21 Å². The van der Waals surface area contributed by atoms with Gasteiger partial charge in [-0.2, -0.15) is 5.10 Å². The number of urea groups is 1. The molecule has 0 unspecified atom stereocenters. The SMILES string of the molecule is CC[C@@]1(c2ccccc2)NC(=O)N(N=Cc2c(OC)ccc3ccccc23)C1=O. The van der Waals surface area contributed by atoms with E-state index >= 15 is 0 Å². The molecule has 1 aliphatic rings. The van der Waals surface area contributed by atoms with Gasteiger partial charge in [0.15, 0.2) is 0 Å². The third-order valence-corrected chi connectivity index (χ3v) is 5.32. The van der Waals surface area contributed by atoms with Gasteiger partial charge in [0.25, 0.3) is 5.91 Å². The van der Waals surface area contributed by atoms with Crippen LogP contribution in [-0.2, 0) is 10.3 Å². The first-order valence-corrected chi connectivity index (χ1v) is 9.42. The number of methoxy groups -OCH3 is 1. The van der Waals surface area contributed by atoms with Crippen molar-refractivity contribution < 1.29 is 14.3 Å². The molecule has 0 saturated carbocycles. The van der Waals surface area contributed by atoms with Gasteiger partial charge in [-0.15, -0.1) is 5.01 Å². The van der Waals surface area contributed by atoms with Crippen molar-refractivity contribution >= 4 is 28.9 Å². The number of carbonyl (C=O) groups excluding carboxylic acids is 2. The first kappa shape index (κ1) is 18.7. The molecule has 1 heterocycles. The highest BCUT2D eigenvalue weighted by atomic mass is 16.5. The largest absolute Gasteiger partial charge is 0.496 e. The Bertz CT molecular complexity index is 1110. The van der Waals surface area contributed by atoms with Crippen molar-refractivity contribution in [3.8, 4) is 5.75 Å². The lowest BCUT2D eigenvalue weighted by atomic mass is 9.87. The quantitative estimate of drug-likeness (QED) is 0.531. The Morgan fingerprint density at radius 3 is 2.48 bits per heavy atom. The average Bonchev–Trinajstić information content (AvgIpc) is 3.02. The minimum absolute atomic E-state index is 0.397. The van der Waals surface area contributed by atoms with E-state index in [0.717, 1.165) is 21.3 Å². The van der Waals surface area contributed by atoms with E-state index in [9.17, 15) is 9.59 Å². The Hall–Kier alpha value is -3.67. The molecule has 1 saturated heterocycles. The molecule has 0 spiro atoms. The summed E-state index contributed by atoms with van der Waals surface area (Å²) in [5, 5.41) is 9.91. The van der Waals surface area contributed by atoms with Gasteiger partial charge in [0.2, 0.25) is 0 Å². The fourth-order valence-electron chi connectivity index (χ4n) is 3.73. The van der Waals surface area contributed by atoms with E-state index in [1.807, 2.05) is 73.7 Å². The normalized spacial score (nSPS) is 19.2. The van der Waals surface area contributed by atoms with Gasteiger partial charge in [0.05, 0.1) is 13.3 Å².